The number of guanidine groups is 1. The van der Waals surface area contributed by atoms with E-state index < -0.39 is 12.5 Å². The van der Waals surface area contributed by atoms with Crippen LogP contribution in [-0.2, 0) is 0 Å². The van der Waals surface area contributed by atoms with Gasteiger partial charge in [-0.15, -0.1) is 0 Å². The monoisotopic (exact) mass is 179 g/mol. The number of hydrogen-bond donors (Lipinski definition) is 2. The second-order valence-electron chi connectivity index (χ2n) is 2.84. The van der Waals surface area contributed by atoms with E-state index in [1.165, 1.54) is 4.90 Å². The van der Waals surface area contributed by atoms with E-state index in [0.717, 1.165) is 0 Å². The molecule has 0 saturated carbocycles. The van der Waals surface area contributed by atoms with Crippen molar-refractivity contribution in [3.8, 4) is 0 Å². The molecule has 70 valence electrons. The van der Waals surface area contributed by atoms with Crippen LogP contribution in [0.15, 0.2) is 5.16 Å². The van der Waals surface area contributed by atoms with Gasteiger partial charge in [-0.1, -0.05) is 5.16 Å². The molecule has 0 spiro atoms. The molecule has 0 aromatic heterocycles. The Morgan fingerprint density at radius 2 is 2.25 bits per heavy atom. The van der Waals surface area contributed by atoms with Gasteiger partial charge < -0.3 is 15.8 Å². The lowest BCUT2D eigenvalue weighted by molar-refractivity contribution is -0.0475. The van der Waals surface area contributed by atoms with Crippen LogP contribution in [0.4, 0.5) is 8.78 Å². The van der Waals surface area contributed by atoms with Gasteiger partial charge >= 0.3 is 0 Å². The molecule has 0 aliphatic carbocycles. The minimum absolute atomic E-state index is 0.123. The van der Waals surface area contributed by atoms with Gasteiger partial charge in [0.15, 0.2) is 0 Å². The van der Waals surface area contributed by atoms with E-state index in [4.69, 9.17) is 10.9 Å². The summed E-state index contributed by atoms with van der Waals surface area (Å²) in [4.78, 5) is 1.17. The van der Waals surface area contributed by atoms with E-state index in [-0.39, 0.29) is 12.4 Å². The molecule has 1 saturated heterocycles. The number of oxime groups is 1. The largest absolute Gasteiger partial charge is 0.408 e. The van der Waals surface area contributed by atoms with Crippen molar-refractivity contribution in [1.82, 2.24) is 4.90 Å². The molecule has 6 heteroatoms. The molecule has 1 heterocycles. The highest BCUT2D eigenvalue weighted by atomic mass is 19.3. The fraction of sp³-hybridized carbons (Fsp3) is 0.833. The molecule has 0 radical (unpaired) electrons. The van der Waals surface area contributed by atoms with Crippen LogP contribution in [0.2, 0.25) is 0 Å². The number of halogens is 2. The van der Waals surface area contributed by atoms with Crippen molar-refractivity contribution in [2.24, 2.45) is 10.9 Å². The lowest BCUT2D eigenvalue weighted by atomic mass is 10.1. The van der Waals surface area contributed by atoms with Gasteiger partial charge in [0.05, 0.1) is 6.54 Å². The average molecular weight is 179 g/mol. The molecule has 3 N–H and O–H groups in total. The van der Waals surface area contributed by atoms with E-state index in [2.05, 4.69) is 5.16 Å². The Morgan fingerprint density at radius 3 is 2.75 bits per heavy atom. The molecule has 1 aliphatic rings. The summed E-state index contributed by atoms with van der Waals surface area (Å²) >= 11 is 0. The summed E-state index contributed by atoms with van der Waals surface area (Å²) in [5.41, 5.74) is 5.16. The first-order chi connectivity index (χ1) is 5.55. The second-order valence-corrected chi connectivity index (χ2v) is 2.84. The molecule has 1 aliphatic heterocycles. The zero-order valence-electron chi connectivity index (χ0n) is 6.50. The Bertz CT molecular complexity index is 195. The molecule has 1 rings (SSSR count). The fourth-order valence-electron chi connectivity index (χ4n) is 1.22. The molecule has 1 fully saturated rings. The molecule has 12 heavy (non-hydrogen) atoms. The smallest absolute Gasteiger partial charge is 0.265 e. The van der Waals surface area contributed by atoms with Gasteiger partial charge in [0.2, 0.25) is 5.96 Å². The van der Waals surface area contributed by atoms with Crippen LogP contribution in [0, 0.1) is 0 Å². The molecule has 0 aromatic carbocycles. The first kappa shape index (κ1) is 9.02. The van der Waals surface area contributed by atoms with Gasteiger partial charge in [-0.3, -0.25) is 0 Å². The maximum absolute atomic E-state index is 12.7. The van der Waals surface area contributed by atoms with Gasteiger partial charge in [-0.05, 0) is 6.42 Å². The van der Waals surface area contributed by atoms with Crippen molar-refractivity contribution in [3.63, 3.8) is 0 Å². The summed E-state index contributed by atoms with van der Waals surface area (Å²) in [5, 5.41) is 10.9. The maximum atomic E-state index is 12.7. The number of nitrogens with zero attached hydrogens (tertiary/aromatic N) is 2. The normalized spacial score (nSPS) is 24.2. The predicted octanol–water partition coefficient (Wildman–Crippen LogP) is 0.421. The Morgan fingerprint density at radius 1 is 1.58 bits per heavy atom. The van der Waals surface area contributed by atoms with Crippen molar-refractivity contribution in [3.05, 3.63) is 0 Å². The van der Waals surface area contributed by atoms with Crippen molar-refractivity contribution in [2.75, 3.05) is 13.1 Å². The molecular formula is C6H11F2N3O. The van der Waals surface area contributed by atoms with Crippen LogP contribution in [0.25, 0.3) is 0 Å². The molecule has 0 unspecified atom stereocenters. The summed E-state index contributed by atoms with van der Waals surface area (Å²) in [7, 11) is 0. The van der Waals surface area contributed by atoms with Crippen LogP contribution >= 0.6 is 0 Å². The lowest BCUT2D eigenvalue weighted by Crippen LogP contribution is -2.48. The number of piperidine rings is 1. The Hall–Kier alpha value is -1.07. The van der Waals surface area contributed by atoms with Gasteiger partial charge in [-0.2, -0.15) is 0 Å². The summed E-state index contributed by atoms with van der Waals surface area (Å²) in [5.74, 6) is -2.96. The quantitative estimate of drug-likeness (QED) is 0.245. The molecule has 0 amide bonds. The molecule has 0 atom stereocenters. The molecular weight excluding hydrogens is 168 g/mol. The Balaban J connectivity index is 2.58. The van der Waals surface area contributed by atoms with E-state index in [9.17, 15) is 8.78 Å². The van der Waals surface area contributed by atoms with Gasteiger partial charge in [0.25, 0.3) is 5.92 Å². The number of likely N-dealkylation sites (tertiary alicyclic amines) is 1. The SMILES string of the molecule is NC(=NO)N1CCCC(F)(F)C1. The minimum atomic E-state index is -2.71. The standard InChI is InChI=1S/C6H11F2N3O/c7-6(8)2-1-3-11(4-6)5(9)10-12/h12H,1-4H2,(H2,9,10). The minimum Gasteiger partial charge on any atom is -0.408 e. The number of hydrogen-bond acceptors (Lipinski definition) is 2. The maximum Gasteiger partial charge on any atom is 0.265 e. The van der Waals surface area contributed by atoms with Gasteiger partial charge in [0, 0.05) is 13.0 Å². The first-order valence-corrected chi connectivity index (χ1v) is 3.65. The van der Waals surface area contributed by atoms with Crippen molar-refractivity contribution < 1.29 is 14.0 Å². The van der Waals surface area contributed by atoms with E-state index in [0.29, 0.717) is 13.0 Å². The highest BCUT2D eigenvalue weighted by molar-refractivity contribution is 5.77. The summed E-state index contributed by atoms with van der Waals surface area (Å²) in [6, 6.07) is 0. The van der Waals surface area contributed by atoms with E-state index in [1.54, 1.807) is 0 Å². The van der Waals surface area contributed by atoms with Crippen molar-refractivity contribution in [1.29, 1.82) is 0 Å². The Labute approximate surface area is 68.6 Å². The predicted molar refractivity (Wildman–Crippen MR) is 39.2 cm³/mol. The van der Waals surface area contributed by atoms with Gasteiger partial charge in [0.1, 0.15) is 0 Å². The van der Waals surface area contributed by atoms with Crippen LogP contribution in [0.5, 0.6) is 0 Å². The first-order valence-electron chi connectivity index (χ1n) is 3.65. The second kappa shape index (κ2) is 3.12. The third-order valence-corrected chi connectivity index (χ3v) is 1.82. The third-order valence-electron chi connectivity index (χ3n) is 1.82. The van der Waals surface area contributed by atoms with Gasteiger partial charge in [-0.25, -0.2) is 8.78 Å². The molecule has 4 nitrogen and oxygen atoms in total. The number of rotatable bonds is 0. The van der Waals surface area contributed by atoms with E-state index in [1.807, 2.05) is 0 Å². The van der Waals surface area contributed by atoms with Crippen LogP contribution in [0.1, 0.15) is 12.8 Å². The zero-order chi connectivity index (χ0) is 9.19. The van der Waals surface area contributed by atoms with Crippen LogP contribution in [0.3, 0.4) is 0 Å². The molecule has 0 bridgehead atoms. The zero-order valence-corrected chi connectivity index (χ0v) is 6.50. The summed E-state index contributed by atoms with van der Waals surface area (Å²) < 4.78 is 25.4. The van der Waals surface area contributed by atoms with E-state index >= 15 is 0 Å². The fourth-order valence-corrected chi connectivity index (χ4v) is 1.22. The van der Waals surface area contributed by atoms with Crippen LogP contribution in [-0.4, -0.2) is 35.1 Å². The van der Waals surface area contributed by atoms with Crippen molar-refractivity contribution >= 4 is 5.96 Å². The summed E-state index contributed by atoms with van der Waals surface area (Å²) in [6.45, 7) is -0.0334. The summed E-state index contributed by atoms with van der Waals surface area (Å²) in [6.07, 6.45) is 0.241. The third kappa shape index (κ3) is 1.96. The average Bonchev–Trinajstić information content (AvgIpc) is 2.01. The highest BCUT2D eigenvalue weighted by Gasteiger charge is 2.35. The van der Waals surface area contributed by atoms with Crippen LogP contribution < -0.4 is 5.73 Å². The Kier molecular flexibility index (Phi) is 2.35. The lowest BCUT2D eigenvalue weighted by Gasteiger charge is -2.32. The number of nitrogens with two attached hydrogens (primary N) is 1. The molecule has 0 aromatic rings. The van der Waals surface area contributed by atoms with Crippen molar-refractivity contribution in [2.45, 2.75) is 18.8 Å². The highest BCUT2D eigenvalue weighted by Crippen LogP contribution is 2.25. The number of alkyl halides is 2. The topological polar surface area (TPSA) is 61.9 Å².